The van der Waals surface area contributed by atoms with Gasteiger partial charge in [0.1, 0.15) is 5.54 Å². The minimum absolute atomic E-state index is 0.0130. The first-order chi connectivity index (χ1) is 16.1. The van der Waals surface area contributed by atoms with Gasteiger partial charge in [0.05, 0.1) is 12.6 Å². The van der Waals surface area contributed by atoms with Crippen molar-refractivity contribution < 1.29 is 14.3 Å². The summed E-state index contributed by atoms with van der Waals surface area (Å²) in [6.45, 7) is 6.01. The van der Waals surface area contributed by atoms with Gasteiger partial charge in [-0.2, -0.15) is 0 Å². The van der Waals surface area contributed by atoms with Crippen molar-refractivity contribution in [2.75, 3.05) is 26.2 Å². The Morgan fingerprint density at radius 1 is 1.06 bits per heavy atom. The predicted molar refractivity (Wildman–Crippen MR) is 129 cm³/mol. The Kier molecular flexibility index (Phi) is 6.39. The van der Waals surface area contributed by atoms with Gasteiger partial charge in [0.2, 0.25) is 0 Å². The molecule has 6 heteroatoms. The number of imide groups is 1. The van der Waals surface area contributed by atoms with Gasteiger partial charge in [0, 0.05) is 13.2 Å². The van der Waals surface area contributed by atoms with Gasteiger partial charge in [-0.15, -0.1) is 0 Å². The second-order valence-corrected chi connectivity index (χ2v) is 9.93. The first-order valence-electron chi connectivity index (χ1n) is 12.5. The maximum absolute atomic E-state index is 13.6. The lowest BCUT2D eigenvalue weighted by atomic mass is 9.74. The van der Waals surface area contributed by atoms with Crippen LogP contribution in [0.4, 0.5) is 4.79 Å². The Balaban J connectivity index is 1.24. The summed E-state index contributed by atoms with van der Waals surface area (Å²) in [5.41, 5.74) is 0.572. The molecule has 3 heterocycles. The van der Waals surface area contributed by atoms with E-state index in [0.29, 0.717) is 13.0 Å². The SMILES string of the molecule is CCC[C@@]1(C2CCN(Cc3ccc4ccccc4c3)CC2)NC(=O)N(C[C@@H]2CCCO2)C1=O. The second kappa shape index (κ2) is 9.43. The first kappa shape index (κ1) is 22.4. The van der Waals surface area contributed by atoms with Gasteiger partial charge in [-0.25, -0.2) is 4.79 Å². The fourth-order valence-corrected chi connectivity index (χ4v) is 6.03. The fourth-order valence-electron chi connectivity index (χ4n) is 6.03. The van der Waals surface area contributed by atoms with Crippen LogP contribution in [0.1, 0.15) is 51.0 Å². The van der Waals surface area contributed by atoms with Crippen LogP contribution in [0.25, 0.3) is 10.8 Å². The normalized spacial score (nSPS) is 26.9. The van der Waals surface area contributed by atoms with Crippen LogP contribution in [0.15, 0.2) is 42.5 Å². The van der Waals surface area contributed by atoms with Crippen molar-refractivity contribution in [3.63, 3.8) is 0 Å². The molecule has 0 bridgehead atoms. The average molecular weight is 450 g/mol. The molecule has 6 nitrogen and oxygen atoms in total. The molecule has 0 saturated carbocycles. The fraction of sp³-hybridized carbons (Fsp3) is 0.556. The second-order valence-electron chi connectivity index (χ2n) is 9.93. The van der Waals surface area contributed by atoms with E-state index in [1.807, 2.05) is 0 Å². The van der Waals surface area contributed by atoms with Gasteiger partial charge in [0.25, 0.3) is 5.91 Å². The molecule has 3 fully saturated rings. The van der Waals surface area contributed by atoms with Gasteiger partial charge >= 0.3 is 6.03 Å². The highest BCUT2D eigenvalue weighted by Gasteiger charge is 2.55. The summed E-state index contributed by atoms with van der Waals surface area (Å²) >= 11 is 0. The summed E-state index contributed by atoms with van der Waals surface area (Å²) in [5, 5.41) is 5.70. The number of likely N-dealkylation sites (tertiary alicyclic amines) is 1. The summed E-state index contributed by atoms with van der Waals surface area (Å²) in [6.07, 6.45) is 5.34. The van der Waals surface area contributed by atoms with Crippen molar-refractivity contribution in [1.29, 1.82) is 0 Å². The maximum atomic E-state index is 13.6. The smallest absolute Gasteiger partial charge is 0.325 e. The number of carbonyl (C=O) groups excluding carboxylic acids is 2. The topological polar surface area (TPSA) is 61.9 Å². The van der Waals surface area contributed by atoms with Crippen molar-refractivity contribution in [3.05, 3.63) is 48.0 Å². The molecule has 0 aromatic heterocycles. The van der Waals surface area contributed by atoms with E-state index in [1.54, 1.807) is 0 Å². The van der Waals surface area contributed by atoms with E-state index < -0.39 is 5.54 Å². The van der Waals surface area contributed by atoms with Crippen LogP contribution < -0.4 is 5.32 Å². The molecule has 5 rings (SSSR count). The molecule has 2 atom stereocenters. The monoisotopic (exact) mass is 449 g/mol. The average Bonchev–Trinajstić information content (AvgIpc) is 3.43. The number of nitrogens with one attached hydrogen (secondary N) is 1. The number of amides is 3. The summed E-state index contributed by atoms with van der Waals surface area (Å²) < 4.78 is 5.70. The van der Waals surface area contributed by atoms with E-state index in [-0.39, 0.29) is 24.0 Å². The third-order valence-corrected chi connectivity index (χ3v) is 7.76. The highest BCUT2D eigenvalue weighted by molar-refractivity contribution is 6.07. The van der Waals surface area contributed by atoms with Crippen LogP contribution in [0.2, 0.25) is 0 Å². The lowest BCUT2D eigenvalue weighted by molar-refractivity contribution is -0.135. The number of rotatable bonds is 7. The van der Waals surface area contributed by atoms with E-state index in [2.05, 4.69) is 59.6 Å². The zero-order valence-corrected chi connectivity index (χ0v) is 19.6. The van der Waals surface area contributed by atoms with E-state index in [1.165, 1.54) is 21.2 Å². The third kappa shape index (κ3) is 4.38. The van der Waals surface area contributed by atoms with Gasteiger partial charge in [-0.05, 0) is 73.5 Å². The molecule has 0 radical (unpaired) electrons. The molecule has 0 unspecified atom stereocenters. The lowest BCUT2D eigenvalue weighted by Crippen LogP contribution is -2.56. The number of hydrogen-bond donors (Lipinski definition) is 1. The van der Waals surface area contributed by atoms with Crippen molar-refractivity contribution in [3.8, 4) is 0 Å². The minimum atomic E-state index is -0.751. The quantitative estimate of drug-likeness (QED) is 0.640. The van der Waals surface area contributed by atoms with Crippen LogP contribution in [-0.2, 0) is 16.1 Å². The lowest BCUT2D eigenvalue weighted by Gasteiger charge is -2.41. The van der Waals surface area contributed by atoms with Crippen LogP contribution in [0, 0.1) is 5.92 Å². The Labute approximate surface area is 196 Å². The summed E-state index contributed by atoms with van der Waals surface area (Å²) in [5.74, 6) is 0.147. The molecule has 0 spiro atoms. The Morgan fingerprint density at radius 2 is 1.85 bits per heavy atom. The summed E-state index contributed by atoms with van der Waals surface area (Å²) in [7, 11) is 0. The largest absolute Gasteiger partial charge is 0.376 e. The highest BCUT2D eigenvalue weighted by Crippen LogP contribution is 2.38. The molecule has 3 saturated heterocycles. The molecule has 3 aliphatic heterocycles. The van der Waals surface area contributed by atoms with E-state index in [0.717, 1.165) is 58.3 Å². The number of hydrogen-bond acceptors (Lipinski definition) is 4. The summed E-state index contributed by atoms with van der Waals surface area (Å²) in [4.78, 5) is 30.3. The van der Waals surface area contributed by atoms with Gasteiger partial charge in [-0.3, -0.25) is 14.6 Å². The Bertz CT molecular complexity index is 1010. The van der Waals surface area contributed by atoms with Gasteiger partial charge < -0.3 is 10.1 Å². The molecule has 3 amide bonds. The molecule has 2 aromatic rings. The molecule has 0 aliphatic carbocycles. The van der Waals surface area contributed by atoms with Crippen LogP contribution in [0.3, 0.4) is 0 Å². The zero-order chi connectivity index (χ0) is 22.8. The van der Waals surface area contributed by atoms with Crippen molar-refractivity contribution in [1.82, 2.24) is 15.1 Å². The summed E-state index contributed by atoms with van der Waals surface area (Å²) in [6, 6.07) is 14.9. The molecule has 1 N–H and O–H groups in total. The van der Waals surface area contributed by atoms with Crippen molar-refractivity contribution in [2.45, 2.75) is 63.6 Å². The molecule has 33 heavy (non-hydrogen) atoms. The molecule has 176 valence electrons. The maximum Gasteiger partial charge on any atom is 0.325 e. The number of ether oxygens (including phenoxy) is 1. The van der Waals surface area contributed by atoms with Crippen LogP contribution in [0.5, 0.6) is 0 Å². The highest BCUT2D eigenvalue weighted by atomic mass is 16.5. The number of carbonyl (C=O) groups is 2. The third-order valence-electron chi connectivity index (χ3n) is 7.76. The predicted octanol–water partition coefficient (Wildman–Crippen LogP) is 4.32. The number of benzene rings is 2. The molecule has 3 aliphatic rings. The first-order valence-corrected chi connectivity index (χ1v) is 12.5. The standard InChI is InChI=1S/C27H35N3O3/c1-2-13-27(25(31)30(26(32)28-27)19-24-8-5-16-33-24)23-11-14-29(15-12-23)18-20-9-10-21-6-3-4-7-22(21)17-20/h3-4,6-7,9-10,17,23-24H,2,5,8,11-16,18-19H2,1H3,(H,28,32)/t24-,27-/m0/s1. The van der Waals surface area contributed by atoms with Gasteiger partial charge in [-0.1, -0.05) is 49.7 Å². The van der Waals surface area contributed by atoms with Crippen molar-refractivity contribution in [2.24, 2.45) is 5.92 Å². The van der Waals surface area contributed by atoms with E-state index in [9.17, 15) is 9.59 Å². The zero-order valence-electron chi connectivity index (χ0n) is 19.6. The van der Waals surface area contributed by atoms with Gasteiger partial charge in [0.15, 0.2) is 0 Å². The van der Waals surface area contributed by atoms with Crippen LogP contribution >= 0.6 is 0 Å². The Hall–Kier alpha value is -2.44. The molecular formula is C27H35N3O3. The number of piperidine rings is 1. The van der Waals surface area contributed by atoms with E-state index in [4.69, 9.17) is 4.74 Å². The Morgan fingerprint density at radius 3 is 2.58 bits per heavy atom. The number of urea groups is 1. The molecular weight excluding hydrogens is 414 g/mol. The number of fused-ring (bicyclic) bond motifs is 1. The van der Waals surface area contributed by atoms with Crippen molar-refractivity contribution >= 4 is 22.7 Å². The number of nitrogens with zero attached hydrogens (tertiary/aromatic N) is 2. The minimum Gasteiger partial charge on any atom is -0.376 e. The molecule has 2 aromatic carbocycles. The van der Waals surface area contributed by atoms with Crippen LogP contribution in [-0.4, -0.2) is 59.6 Å². The van der Waals surface area contributed by atoms with E-state index >= 15 is 0 Å².